The van der Waals surface area contributed by atoms with E-state index in [0.717, 1.165) is 25.7 Å². The lowest BCUT2D eigenvalue weighted by Crippen LogP contribution is -2.37. The maximum atomic E-state index is 12.0. The first kappa shape index (κ1) is 13.5. The smallest absolute Gasteiger partial charge is 0.225 e. The van der Waals surface area contributed by atoms with Crippen LogP contribution in [-0.2, 0) is 4.79 Å². The minimum atomic E-state index is 0.248. The summed E-state index contributed by atoms with van der Waals surface area (Å²) in [5, 5.41) is 0. The van der Waals surface area contributed by atoms with Crippen molar-refractivity contribution < 1.29 is 4.79 Å². The molecule has 0 rings (SSSR count). The van der Waals surface area contributed by atoms with Crippen LogP contribution >= 0.6 is 0 Å². The Hall–Kier alpha value is -0.530. The number of hydrogen-bond acceptors (Lipinski definition) is 1. The van der Waals surface area contributed by atoms with Gasteiger partial charge in [0.1, 0.15) is 0 Å². The standard InChI is InChI=1S/C12H25NO/c1-6-8-11(9-7-2)12(14)13(5)10(3)4/h10-11H,6-9H2,1-5H3. The van der Waals surface area contributed by atoms with E-state index >= 15 is 0 Å². The van der Waals surface area contributed by atoms with Gasteiger partial charge in [-0.25, -0.2) is 0 Å². The van der Waals surface area contributed by atoms with Crippen molar-refractivity contribution in [2.24, 2.45) is 5.92 Å². The van der Waals surface area contributed by atoms with Crippen molar-refractivity contribution >= 4 is 5.91 Å². The summed E-state index contributed by atoms with van der Waals surface area (Å²) < 4.78 is 0. The Labute approximate surface area is 88.7 Å². The molecule has 84 valence electrons. The predicted octanol–water partition coefficient (Wildman–Crippen LogP) is 3.07. The summed E-state index contributed by atoms with van der Waals surface area (Å²) in [6.07, 6.45) is 4.26. The Morgan fingerprint density at radius 3 is 1.86 bits per heavy atom. The molecule has 0 spiro atoms. The quantitative estimate of drug-likeness (QED) is 0.644. The summed E-state index contributed by atoms with van der Waals surface area (Å²) in [5.74, 6) is 0.570. The van der Waals surface area contributed by atoms with Crippen molar-refractivity contribution in [1.29, 1.82) is 0 Å². The Balaban J connectivity index is 4.26. The highest BCUT2D eigenvalue weighted by atomic mass is 16.2. The molecule has 0 saturated heterocycles. The van der Waals surface area contributed by atoms with Crippen LogP contribution in [0.1, 0.15) is 53.4 Å². The second-order valence-electron chi connectivity index (χ2n) is 4.32. The van der Waals surface area contributed by atoms with Gasteiger partial charge in [-0.15, -0.1) is 0 Å². The number of hydrogen-bond donors (Lipinski definition) is 0. The molecule has 0 unspecified atom stereocenters. The van der Waals surface area contributed by atoms with Crippen LogP contribution in [-0.4, -0.2) is 23.9 Å². The molecule has 0 atom stereocenters. The van der Waals surface area contributed by atoms with E-state index in [9.17, 15) is 4.79 Å². The van der Waals surface area contributed by atoms with Crippen LogP contribution in [0.5, 0.6) is 0 Å². The van der Waals surface area contributed by atoms with Gasteiger partial charge in [0.2, 0.25) is 5.91 Å². The monoisotopic (exact) mass is 199 g/mol. The second-order valence-corrected chi connectivity index (χ2v) is 4.32. The van der Waals surface area contributed by atoms with Crippen molar-refractivity contribution in [3.05, 3.63) is 0 Å². The van der Waals surface area contributed by atoms with Crippen LogP contribution in [0.3, 0.4) is 0 Å². The summed E-state index contributed by atoms with van der Waals surface area (Å²) in [5.41, 5.74) is 0. The van der Waals surface area contributed by atoms with E-state index in [0.29, 0.717) is 11.9 Å². The minimum absolute atomic E-state index is 0.248. The first-order valence-corrected chi connectivity index (χ1v) is 5.81. The average molecular weight is 199 g/mol. The zero-order valence-electron chi connectivity index (χ0n) is 10.3. The predicted molar refractivity (Wildman–Crippen MR) is 61.2 cm³/mol. The molecule has 0 bridgehead atoms. The summed E-state index contributed by atoms with van der Waals surface area (Å²) in [6.45, 7) is 8.41. The molecule has 0 aliphatic rings. The lowest BCUT2D eigenvalue weighted by Gasteiger charge is -2.26. The van der Waals surface area contributed by atoms with Gasteiger partial charge in [-0.05, 0) is 26.7 Å². The van der Waals surface area contributed by atoms with Crippen LogP contribution < -0.4 is 0 Å². The van der Waals surface area contributed by atoms with E-state index in [4.69, 9.17) is 0 Å². The zero-order valence-corrected chi connectivity index (χ0v) is 10.3. The maximum Gasteiger partial charge on any atom is 0.225 e. The summed E-state index contributed by atoms with van der Waals surface area (Å²) >= 11 is 0. The van der Waals surface area contributed by atoms with Gasteiger partial charge in [0.05, 0.1) is 0 Å². The van der Waals surface area contributed by atoms with Gasteiger partial charge in [0.15, 0.2) is 0 Å². The van der Waals surface area contributed by atoms with E-state index in [1.54, 1.807) is 0 Å². The maximum absolute atomic E-state index is 12.0. The van der Waals surface area contributed by atoms with E-state index < -0.39 is 0 Å². The molecule has 0 radical (unpaired) electrons. The molecule has 0 heterocycles. The number of amides is 1. The van der Waals surface area contributed by atoms with Crippen LogP contribution in [0.4, 0.5) is 0 Å². The van der Waals surface area contributed by atoms with Gasteiger partial charge in [-0.2, -0.15) is 0 Å². The lowest BCUT2D eigenvalue weighted by atomic mass is 9.96. The second kappa shape index (κ2) is 6.86. The van der Waals surface area contributed by atoms with E-state index in [1.165, 1.54) is 0 Å². The van der Waals surface area contributed by atoms with Gasteiger partial charge in [-0.3, -0.25) is 4.79 Å². The van der Waals surface area contributed by atoms with Crippen molar-refractivity contribution in [3.63, 3.8) is 0 Å². The molecule has 0 saturated carbocycles. The summed E-state index contributed by atoms with van der Waals surface area (Å²) in [6, 6.07) is 0.318. The number of rotatable bonds is 6. The fraction of sp³-hybridized carbons (Fsp3) is 0.917. The fourth-order valence-corrected chi connectivity index (χ4v) is 1.63. The molecule has 0 aliphatic heterocycles. The highest BCUT2D eigenvalue weighted by molar-refractivity contribution is 5.78. The van der Waals surface area contributed by atoms with Crippen LogP contribution in [0, 0.1) is 5.92 Å². The first-order chi connectivity index (χ1) is 6.54. The van der Waals surface area contributed by atoms with Crippen molar-refractivity contribution in [2.45, 2.75) is 59.4 Å². The van der Waals surface area contributed by atoms with Gasteiger partial charge in [-0.1, -0.05) is 26.7 Å². The van der Waals surface area contributed by atoms with Gasteiger partial charge in [0.25, 0.3) is 0 Å². The molecule has 2 nitrogen and oxygen atoms in total. The number of carbonyl (C=O) groups is 1. The highest BCUT2D eigenvalue weighted by Gasteiger charge is 2.21. The van der Waals surface area contributed by atoms with Gasteiger partial charge < -0.3 is 4.90 Å². The Kier molecular flexibility index (Phi) is 6.60. The van der Waals surface area contributed by atoms with Crippen molar-refractivity contribution in [2.75, 3.05) is 7.05 Å². The lowest BCUT2D eigenvalue weighted by molar-refractivity contribution is -0.136. The third-order valence-electron chi connectivity index (χ3n) is 2.75. The third kappa shape index (κ3) is 4.12. The molecule has 1 amide bonds. The average Bonchev–Trinajstić information content (AvgIpc) is 2.15. The van der Waals surface area contributed by atoms with E-state index in [1.807, 2.05) is 11.9 Å². The molecule has 2 heteroatoms. The van der Waals surface area contributed by atoms with E-state index in [-0.39, 0.29) is 5.92 Å². The largest absolute Gasteiger partial charge is 0.343 e. The van der Waals surface area contributed by atoms with Crippen LogP contribution in [0.2, 0.25) is 0 Å². The van der Waals surface area contributed by atoms with Gasteiger partial charge >= 0.3 is 0 Å². The Bertz CT molecular complexity index is 160. The Morgan fingerprint density at radius 1 is 1.14 bits per heavy atom. The zero-order chi connectivity index (χ0) is 11.1. The van der Waals surface area contributed by atoms with Crippen molar-refractivity contribution in [3.8, 4) is 0 Å². The fourth-order valence-electron chi connectivity index (χ4n) is 1.63. The molecule has 0 aromatic carbocycles. The molecular weight excluding hydrogens is 174 g/mol. The molecule has 0 aliphatic carbocycles. The molecule has 0 aromatic heterocycles. The number of carbonyl (C=O) groups excluding carboxylic acids is 1. The highest BCUT2D eigenvalue weighted by Crippen LogP contribution is 2.17. The first-order valence-electron chi connectivity index (χ1n) is 5.81. The van der Waals surface area contributed by atoms with Crippen LogP contribution in [0.15, 0.2) is 0 Å². The molecule has 0 N–H and O–H groups in total. The molecular formula is C12H25NO. The van der Waals surface area contributed by atoms with Crippen molar-refractivity contribution in [1.82, 2.24) is 4.90 Å². The van der Waals surface area contributed by atoms with E-state index in [2.05, 4.69) is 27.7 Å². The Morgan fingerprint density at radius 2 is 1.57 bits per heavy atom. The third-order valence-corrected chi connectivity index (χ3v) is 2.75. The SMILES string of the molecule is CCCC(CCC)C(=O)N(C)C(C)C. The topological polar surface area (TPSA) is 20.3 Å². The summed E-state index contributed by atoms with van der Waals surface area (Å²) in [4.78, 5) is 13.9. The summed E-state index contributed by atoms with van der Waals surface area (Å²) in [7, 11) is 1.91. The molecule has 14 heavy (non-hydrogen) atoms. The van der Waals surface area contributed by atoms with Crippen LogP contribution in [0.25, 0.3) is 0 Å². The number of nitrogens with zero attached hydrogens (tertiary/aromatic N) is 1. The molecule has 0 aromatic rings. The normalized spacial score (nSPS) is 11.1. The molecule has 0 fully saturated rings. The minimum Gasteiger partial charge on any atom is -0.343 e. The van der Waals surface area contributed by atoms with Gasteiger partial charge in [0, 0.05) is 19.0 Å².